The molecule has 4 aromatic rings. The van der Waals surface area contributed by atoms with E-state index in [-0.39, 0.29) is 110 Å². The normalized spacial score (nSPS) is 20.9. The first kappa shape index (κ1) is 83.2. The molecule has 0 aliphatic carbocycles. The number of carboxylic acids is 2. The number of nitrogens with one attached hydrogen (secondary N) is 2. The van der Waals surface area contributed by atoms with Gasteiger partial charge in [-0.15, -0.1) is 16.4 Å². The van der Waals surface area contributed by atoms with Crippen LogP contribution in [0.5, 0.6) is 5.75 Å². The lowest BCUT2D eigenvalue weighted by Gasteiger charge is -2.41. The number of thiophene rings is 1. The molecule has 2 aromatic carbocycles. The second-order valence-corrected chi connectivity index (χ2v) is 27.9. The van der Waals surface area contributed by atoms with Crippen molar-refractivity contribution in [2.45, 2.75) is 173 Å². The topological polar surface area (TPSA) is 417 Å². The number of aliphatic hydroxyl groups excluding tert-OH is 4. The third-order valence-electron chi connectivity index (χ3n) is 19.1. The van der Waals surface area contributed by atoms with E-state index < -0.39 is 151 Å². The molecule has 0 spiro atoms. The van der Waals surface area contributed by atoms with Crippen molar-refractivity contribution in [3.05, 3.63) is 88.6 Å². The largest absolute Gasteiger partial charge is 0.480 e. The molecule has 3 aliphatic rings. The Morgan fingerprint density at radius 1 is 0.779 bits per heavy atom. The number of aliphatic hydroxyl groups is 4. The number of imide groups is 1. The smallest absolute Gasteiger partial charge is 0.410 e. The van der Waals surface area contributed by atoms with Crippen molar-refractivity contribution in [2.24, 2.45) is 23.7 Å². The summed E-state index contributed by atoms with van der Waals surface area (Å²) < 4.78 is 48.7. The summed E-state index contributed by atoms with van der Waals surface area (Å²) in [4.78, 5) is 127. The van der Waals surface area contributed by atoms with Crippen LogP contribution in [0.3, 0.4) is 0 Å². The highest BCUT2D eigenvalue weighted by molar-refractivity contribution is 7.21. The first-order chi connectivity index (χ1) is 49.5. The molecular formula is C71H101N9O23S. The second kappa shape index (κ2) is 39.3. The number of hydrogen-bond acceptors (Lipinski definition) is 24. The zero-order valence-corrected chi connectivity index (χ0v) is 61.5. The van der Waals surface area contributed by atoms with Crippen molar-refractivity contribution in [2.75, 3.05) is 87.7 Å². The zero-order valence-electron chi connectivity index (χ0n) is 60.6. The van der Waals surface area contributed by atoms with E-state index in [1.807, 2.05) is 19.9 Å². The first-order valence-electron chi connectivity index (χ1n) is 34.9. The number of carboxylic acid groups (broad SMARTS) is 2. The van der Waals surface area contributed by atoms with Gasteiger partial charge < -0.3 is 89.0 Å². The third kappa shape index (κ3) is 21.3. The number of nitrogens with zero attached hydrogens (tertiary/aromatic N) is 7. The van der Waals surface area contributed by atoms with Gasteiger partial charge in [-0.3, -0.25) is 38.6 Å². The molecule has 2 saturated heterocycles. The van der Waals surface area contributed by atoms with Gasteiger partial charge in [0.2, 0.25) is 29.9 Å². The maximum absolute atomic E-state index is 15.1. The molecule has 7 rings (SSSR count). The van der Waals surface area contributed by atoms with E-state index >= 15 is 4.79 Å². The molecule has 3 aliphatic heterocycles. The average Bonchev–Trinajstić information content (AvgIpc) is 1.64. The van der Waals surface area contributed by atoms with Crippen molar-refractivity contribution in [3.63, 3.8) is 0 Å². The monoisotopic (exact) mass is 1480 g/mol. The van der Waals surface area contributed by atoms with Crippen molar-refractivity contribution >= 4 is 74.9 Å². The number of likely N-dealkylation sites (tertiary alicyclic amines) is 1. The molecule has 0 radical (unpaired) electrons. The Morgan fingerprint density at radius 3 is 2.03 bits per heavy atom. The third-order valence-corrected chi connectivity index (χ3v) is 20.3. The minimum absolute atomic E-state index is 0.0541. The average molecular weight is 1480 g/mol. The zero-order chi connectivity index (χ0) is 76.2. The number of methoxy groups -OCH3 is 2. The quantitative estimate of drug-likeness (QED) is 0.0234. The number of benzene rings is 2. The number of rotatable bonds is 41. The Labute approximate surface area is 607 Å². The number of carbonyl (C=O) groups is 9. The van der Waals surface area contributed by atoms with Crippen LogP contribution in [0.25, 0.3) is 10.1 Å². The van der Waals surface area contributed by atoms with Crippen molar-refractivity contribution in [1.29, 1.82) is 0 Å². The molecule has 5 heterocycles. The fourth-order valence-electron chi connectivity index (χ4n) is 13.2. The van der Waals surface area contributed by atoms with E-state index in [1.54, 1.807) is 77.0 Å². The van der Waals surface area contributed by atoms with E-state index in [4.69, 9.17) is 37.9 Å². The number of fused-ring (bicyclic) bond motifs is 1. The first-order valence-corrected chi connectivity index (χ1v) is 35.7. The summed E-state index contributed by atoms with van der Waals surface area (Å²) in [6, 6.07) is 8.10. The number of carbonyl (C=O) groups excluding carboxylic acids is 7. The van der Waals surface area contributed by atoms with Gasteiger partial charge in [0.25, 0.3) is 11.8 Å². The van der Waals surface area contributed by atoms with Crippen LogP contribution in [0.4, 0.5) is 4.79 Å². The highest BCUT2D eigenvalue weighted by atomic mass is 32.1. The number of hydrogen-bond donors (Lipinski definition) is 8. The van der Waals surface area contributed by atoms with Crippen LogP contribution in [0.1, 0.15) is 107 Å². The summed E-state index contributed by atoms with van der Waals surface area (Å²) in [5.41, 5.74) is 1.26. The van der Waals surface area contributed by atoms with Crippen LogP contribution in [0.2, 0.25) is 0 Å². The van der Waals surface area contributed by atoms with Gasteiger partial charge >= 0.3 is 18.0 Å². The molecule has 8 N–H and O–H groups in total. The van der Waals surface area contributed by atoms with Crippen molar-refractivity contribution in [1.82, 2.24) is 45.2 Å². The Morgan fingerprint density at radius 2 is 1.43 bits per heavy atom. The van der Waals surface area contributed by atoms with Gasteiger partial charge in [-0.2, -0.15) is 0 Å². The minimum atomic E-state index is -1.83. The summed E-state index contributed by atoms with van der Waals surface area (Å²) in [6.45, 7) is 13.5. The lowest BCUT2D eigenvalue weighted by molar-refractivity contribution is -0.277. The van der Waals surface area contributed by atoms with Gasteiger partial charge in [0, 0.05) is 81.7 Å². The van der Waals surface area contributed by atoms with Crippen molar-refractivity contribution < 1.29 is 112 Å². The Bertz CT molecular complexity index is 3560. The number of aromatic carboxylic acids is 1. The fourth-order valence-corrected chi connectivity index (χ4v) is 14.3. The molecular weight excluding hydrogens is 1380 g/mol. The van der Waals surface area contributed by atoms with Gasteiger partial charge in [0.05, 0.1) is 102 Å². The second-order valence-electron chi connectivity index (χ2n) is 26.9. The number of aromatic nitrogens is 3. The maximum Gasteiger partial charge on any atom is 0.410 e. The van der Waals surface area contributed by atoms with Crippen LogP contribution in [0.15, 0.2) is 66.9 Å². The molecule has 33 heteroatoms. The van der Waals surface area contributed by atoms with Crippen LogP contribution < -0.4 is 15.4 Å². The van der Waals surface area contributed by atoms with Gasteiger partial charge in [-0.1, -0.05) is 96.5 Å². The summed E-state index contributed by atoms with van der Waals surface area (Å²) in [6.07, 6.45) is -7.06. The lowest BCUT2D eigenvalue weighted by atomic mass is 9.89. The molecule has 2 fully saturated rings. The number of aliphatic carboxylic acids is 1. The molecule has 32 nitrogen and oxygen atoms in total. The molecule has 15 atom stereocenters. The van der Waals surface area contributed by atoms with Crippen molar-refractivity contribution in [3.8, 4) is 5.75 Å². The standard InChI is InChI=1S/C71H101N9O23S/c1-12-41(6)59(51(96-10)36-56(84)79-24-16-19-48(79)63(97-11)42(7)65(88)72-47(68(91)92)33-43-17-14-13-15-18-43)76(8)67(90)57(39(2)3)73-66(89)58(40(4)5)77(9)71(95)103-50(34-44-37-78(75-74-44)25-27-98-29-31-100-32-30-99-28-26-80-54(82)22-23-55(80)83)45-20-21-49(46-35-53(69(93)94)104-64(45)46)101-70-62(87)61(86)60(85)52(38-81)102-70/h13-15,17-18,20-23,35,37,39-42,47-48,50-52,57-63,70,81,85-87H,12,16,19,24-34,36,38H2,1-11H3,(H,72,88)(H,73,89)(H,91,92)(H,93,94)/t41?,42-,47?,48+,50?,51-,52-,57+,58+,59+,60+,61+,62-,63-,70-/m1/s1. The Balaban J connectivity index is 1.06. The molecule has 0 saturated carbocycles. The number of ether oxygens (including phenoxy) is 8. The molecule has 2 aromatic heterocycles. The van der Waals surface area contributed by atoms with E-state index in [2.05, 4.69) is 20.9 Å². The van der Waals surface area contributed by atoms with Gasteiger partial charge in [-0.25, -0.2) is 19.1 Å². The Kier molecular flexibility index (Phi) is 31.4. The molecule has 574 valence electrons. The highest BCUT2D eigenvalue weighted by Crippen LogP contribution is 2.42. The lowest BCUT2D eigenvalue weighted by Crippen LogP contribution is -2.60. The summed E-state index contributed by atoms with van der Waals surface area (Å²) in [5.74, 6) is -7.76. The predicted octanol–water partition coefficient (Wildman–Crippen LogP) is 2.59. The van der Waals surface area contributed by atoms with Crippen LogP contribution >= 0.6 is 11.3 Å². The van der Waals surface area contributed by atoms with Gasteiger partial charge in [0.15, 0.2) is 0 Å². The Hall–Kier alpha value is -8.09. The van der Waals surface area contributed by atoms with E-state index in [9.17, 15) is 69.0 Å². The van der Waals surface area contributed by atoms with Gasteiger partial charge in [0.1, 0.15) is 59.3 Å². The van der Waals surface area contributed by atoms with Gasteiger partial charge in [-0.05, 0) is 48.3 Å². The molecule has 0 bridgehead atoms. The van der Waals surface area contributed by atoms with Crippen LogP contribution in [0, 0.1) is 23.7 Å². The van der Waals surface area contributed by atoms with E-state index in [1.165, 1.54) is 61.2 Å². The summed E-state index contributed by atoms with van der Waals surface area (Å²) in [5, 5.41) is 76.7. The van der Waals surface area contributed by atoms with E-state index in [0.29, 0.717) is 31.5 Å². The predicted molar refractivity (Wildman–Crippen MR) is 373 cm³/mol. The van der Waals surface area contributed by atoms with Crippen LogP contribution in [-0.4, -0.2) is 279 Å². The molecule has 7 amide bonds. The minimum Gasteiger partial charge on any atom is -0.480 e. The number of amides is 7. The van der Waals surface area contributed by atoms with Crippen LogP contribution in [-0.2, 0) is 86.1 Å². The molecule has 104 heavy (non-hydrogen) atoms. The molecule has 3 unspecified atom stereocenters. The SMILES string of the molecule is CCC(C)[C@@H]([C@@H](CC(=O)N1CCC[C@H]1[C@H](OC)[C@@H](C)C(=O)NC(Cc1ccccc1)C(=O)O)OC)N(C)C(=O)[C@@H](NC(=O)[C@H](C(C)C)N(C)C(=O)OC(Cc1cn(CCOCCOCCOCCN2C(=O)C=CC2=O)nn1)c1ccc(O[C@@H]2O[C@H](CO)[C@H](O)[C@H](O)[C@H]2O)c2cc(C(=O)O)sc12)C(C)C. The summed E-state index contributed by atoms with van der Waals surface area (Å²) in [7, 11) is 5.83. The summed E-state index contributed by atoms with van der Waals surface area (Å²) >= 11 is 0.800. The number of likely N-dealkylation sites (N-methyl/N-ethyl adjacent to an activating group) is 2. The maximum atomic E-state index is 15.1. The van der Waals surface area contributed by atoms with E-state index in [0.717, 1.165) is 26.7 Å². The highest BCUT2D eigenvalue weighted by Gasteiger charge is 2.47. The fraction of sp³-hybridized carbons (Fsp3) is 0.620.